The Hall–Kier alpha value is -0.490. The number of hydrogen-bond donors (Lipinski definition) is 0. The van der Waals surface area contributed by atoms with Gasteiger partial charge in [0.05, 0.1) is 5.75 Å². The van der Waals surface area contributed by atoms with Gasteiger partial charge in [-0.3, -0.25) is 0 Å². The smallest absolute Gasteiger partial charge is 0.409 e. The van der Waals surface area contributed by atoms with E-state index in [1.165, 1.54) is 19.0 Å². The van der Waals surface area contributed by atoms with Gasteiger partial charge in [0.15, 0.2) is 0 Å². The summed E-state index contributed by atoms with van der Waals surface area (Å²) in [6.07, 6.45) is -0.588. The molecule has 0 saturated carbocycles. The van der Waals surface area contributed by atoms with Gasteiger partial charge < -0.3 is 9.64 Å². The van der Waals surface area contributed by atoms with Crippen LogP contribution in [0.5, 0.6) is 0 Å². The molecule has 0 heterocycles. The molecule has 0 rings (SSSR count). The van der Waals surface area contributed by atoms with Crippen molar-refractivity contribution in [1.29, 1.82) is 0 Å². The fourth-order valence-corrected chi connectivity index (χ4v) is 0.829. The summed E-state index contributed by atoms with van der Waals surface area (Å²) in [5.41, 5.74) is 0. The van der Waals surface area contributed by atoms with Crippen molar-refractivity contribution in [3.8, 4) is 0 Å². The van der Waals surface area contributed by atoms with E-state index in [0.717, 1.165) is 0 Å². The third kappa shape index (κ3) is 6.23. The first-order valence-electron chi connectivity index (χ1n) is 3.09. The van der Waals surface area contributed by atoms with Gasteiger partial charge in [0.2, 0.25) is 9.05 Å². The number of halogens is 1. The predicted molar refractivity (Wildman–Crippen MR) is 44.7 cm³/mol. The Labute approximate surface area is 75.7 Å². The van der Waals surface area contributed by atoms with E-state index in [1.54, 1.807) is 0 Å². The van der Waals surface area contributed by atoms with Gasteiger partial charge in [-0.15, -0.1) is 0 Å². The second kappa shape index (κ2) is 4.51. The summed E-state index contributed by atoms with van der Waals surface area (Å²) in [7, 11) is 4.29. The maximum atomic E-state index is 10.7. The van der Waals surface area contributed by atoms with E-state index in [-0.39, 0.29) is 12.4 Å². The van der Waals surface area contributed by atoms with Gasteiger partial charge in [0.25, 0.3) is 0 Å². The minimum absolute atomic E-state index is 0.219. The van der Waals surface area contributed by atoms with Crippen LogP contribution in [0.1, 0.15) is 0 Å². The topological polar surface area (TPSA) is 63.7 Å². The number of hydrogen-bond acceptors (Lipinski definition) is 4. The van der Waals surface area contributed by atoms with Crippen molar-refractivity contribution in [2.45, 2.75) is 0 Å². The molecule has 0 radical (unpaired) electrons. The van der Waals surface area contributed by atoms with Crippen molar-refractivity contribution in [1.82, 2.24) is 4.90 Å². The van der Waals surface area contributed by atoms with Crippen LogP contribution in [-0.4, -0.2) is 45.9 Å². The Morgan fingerprint density at radius 3 is 2.33 bits per heavy atom. The second-order valence-electron chi connectivity index (χ2n) is 2.25. The summed E-state index contributed by atoms with van der Waals surface area (Å²) in [5.74, 6) is -0.367. The SMILES string of the molecule is CN(C)C(=O)OCCS(=O)(=O)Cl. The minimum atomic E-state index is -3.57. The van der Waals surface area contributed by atoms with Crippen LogP contribution in [-0.2, 0) is 13.8 Å². The van der Waals surface area contributed by atoms with E-state index in [4.69, 9.17) is 10.7 Å². The Bertz CT molecular complexity index is 248. The lowest BCUT2D eigenvalue weighted by Gasteiger charge is -2.09. The molecule has 72 valence electrons. The van der Waals surface area contributed by atoms with E-state index in [2.05, 4.69) is 4.74 Å². The molecule has 0 aliphatic rings. The summed E-state index contributed by atoms with van der Waals surface area (Å²) < 4.78 is 25.2. The summed E-state index contributed by atoms with van der Waals surface area (Å²) in [5, 5.41) is 0. The molecule has 0 aliphatic heterocycles. The molecule has 5 nitrogen and oxygen atoms in total. The van der Waals surface area contributed by atoms with Crippen molar-refractivity contribution in [2.75, 3.05) is 26.5 Å². The number of carbonyl (C=O) groups excluding carboxylic acids is 1. The molecule has 1 amide bonds. The van der Waals surface area contributed by atoms with Crippen molar-refractivity contribution >= 4 is 25.8 Å². The number of rotatable bonds is 3. The van der Waals surface area contributed by atoms with E-state index in [0.29, 0.717) is 0 Å². The quantitative estimate of drug-likeness (QED) is 0.634. The number of carbonyl (C=O) groups is 1. The minimum Gasteiger partial charge on any atom is -0.448 e. The van der Waals surface area contributed by atoms with Crippen LogP contribution in [0.3, 0.4) is 0 Å². The molecule has 0 saturated heterocycles. The largest absolute Gasteiger partial charge is 0.448 e. The van der Waals surface area contributed by atoms with E-state index < -0.39 is 15.1 Å². The Morgan fingerprint density at radius 2 is 2.00 bits per heavy atom. The zero-order valence-electron chi connectivity index (χ0n) is 6.78. The first-order chi connectivity index (χ1) is 5.33. The van der Waals surface area contributed by atoms with Crippen LogP contribution in [0.25, 0.3) is 0 Å². The highest BCUT2D eigenvalue weighted by atomic mass is 35.7. The highest BCUT2D eigenvalue weighted by Gasteiger charge is 2.08. The van der Waals surface area contributed by atoms with Gasteiger partial charge in [0, 0.05) is 24.8 Å². The summed E-state index contributed by atoms with van der Waals surface area (Å²) in [6.45, 7) is -0.219. The Balaban J connectivity index is 3.66. The van der Waals surface area contributed by atoms with Crippen LogP contribution in [0, 0.1) is 0 Å². The summed E-state index contributed by atoms with van der Waals surface area (Å²) in [6, 6.07) is 0. The predicted octanol–water partition coefficient (Wildman–Crippen LogP) is 0.253. The molecule has 0 unspecified atom stereocenters. The normalized spacial score (nSPS) is 10.9. The molecule has 0 aliphatic carbocycles. The highest BCUT2D eigenvalue weighted by molar-refractivity contribution is 8.13. The zero-order valence-corrected chi connectivity index (χ0v) is 8.35. The third-order valence-electron chi connectivity index (χ3n) is 0.918. The third-order valence-corrected chi connectivity index (χ3v) is 2.04. The van der Waals surface area contributed by atoms with Gasteiger partial charge in [-0.2, -0.15) is 0 Å². The van der Waals surface area contributed by atoms with E-state index in [9.17, 15) is 13.2 Å². The molecule has 0 N–H and O–H groups in total. The van der Waals surface area contributed by atoms with Crippen LogP contribution >= 0.6 is 10.7 Å². The van der Waals surface area contributed by atoms with Crippen LogP contribution in [0.15, 0.2) is 0 Å². The molecule has 0 fully saturated rings. The molecular weight excluding hydrogens is 206 g/mol. The van der Waals surface area contributed by atoms with Gasteiger partial charge in [-0.25, -0.2) is 13.2 Å². The molecule has 0 spiro atoms. The number of ether oxygens (including phenoxy) is 1. The summed E-state index contributed by atoms with van der Waals surface area (Å²) in [4.78, 5) is 11.9. The van der Waals surface area contributed by atoms with Gasteiger partial charge in [0.1, 0.15) is 6.61 Å². The van der Waals surface area contributed by atoms with E-state index >= 15 is 0 Å². The van der Waals surface area contributed by atoms with Crippen molar-refractivity contribution in [2.24, 2.45) is 0 Å². The lowest BCUT2D eigenvalue weighted by Crippen LogP contribution is -2.24. The molecule has 0 aromatic rings. The molecule has 0 aromatic carbocycles. The molecule has 0 aromatic heterocycles. The van der Waals surface area contributed by atoms with Crippen molar-refractivity contribution < 1.29 is 17.9 Å². The number of amides is 1. The molecule has 7 heteroatoms. The van der Waals surface area contributed by atoms with E-state index in [1.807, 2.05) is 0 Å². The maximum Gasteiger partial charge on any atom is 0.409 e. The average Bonchev–Trinajstić information content (AvgIpc) is 1.84. The van der Waals surface area contributed by atoms with Gasteiger partial charge >= 0.3 is 6.09 Å². The van der Waals surface area contributed by atoms with Crippen molar-refractivity contribution in [3.05, 3.63) is 0 Å². The Kier molecular flexibility index (Phi) is 4.33. The second-order valence-corrected chi connectivity index (χ2v) is 5.15. The van der Waals surface area contributed by atoms with Crippen LogP contribution in [0.2, 0.25) is 0 Å². The molecule has 0 atom stereocenters. The standard InChI is InChI=1S/C5H10ClNO4S/c1-7(2)5(8)11-3-4-12(6,9)10/h3-4H2,1-2H3. The average molecular weight is 216 g/mol. The molecule has 0 bridgehead atoms. The lowest BCUT2D eigenvalue weighted by atomic mass is 10.8. The number of nitrogens with zero attached hydrogens (tertiary/aromatic N) is 1. The fraction of sp³-hybridized carbons (Fsp3) is 0.800. The molecular formula is C5H10ClNO4S. The van der Waals surface area contributed by atoms with Gasteiger partial charge in [-0.1, -0.05) is 0 Å². The molecule has 12 heavy (non-hydrogen) atoms. The van der Waals surface area contributed by atoms with Crippen LogP contribution < -0.4 is 0 Å². The van der Waals surface area contributed by atoms with Crippen molar-refractivity contribution in [3.63, 3.8) is 0 Å². The Morgan fingerprint density at radius 1 is 1.50 bits per heavy atom. The highest BCUT2D eigenvalue weighted by Crippen LogP contribution is 1.96. The van der Waals surface area contributed by atoms with Crippen LogP contribution in [0.4, 0.5) is 4.79 Å². The zero-order chi connectivity index (χ0) is 9.78. The lowest BCUT2D eigenvalue weighted by molar-refractivity contribution is 0.124. The monoisotopic (exact) mass is 215 g/mol. The first-order valence-corrected chi connectivity index (χ1v) is 5.57. The fourth-order valence-electron chi connectivity index (χ4n) is 0.358. The maximum absolute atomic E-state index is 10.7. The summed E-state index contributed by atoms with van der Waals surface area (Å²) >= 11 is 0. The van der Waals surface area contributed by atoms with Gasteiger partial charge in [-0.05, 0) is 0 Å². The first kappa shape index (κ1) is 11.5.